The van der Waals surface area contributed by atoms with Gasteiger partial charge in [0, 0.05) is 115 Å². The van der Waals surface area contributed by atoms with Gasteiger partial charge in [-0.2, -0.15) is 10.5 Å². The van der Waals surface area contributed by atoms with Crippen molar-refractivity contribution in [1.82, 2.24) is 30.2 Å². The van der Waals surface area contributed by atoms with Gasteiger partial charge in [-0.1, -0.05) is 12.1 Å². The van der Waals surface area contributed by atoms with Crippen LogP contribution in [0.5, 0.6) is 11.5 Å². The number of fused-ring (bicyclic) bond motifs is 12. The maximum Gasteiger partial charge on any atom is 0.232 e. The fraction of sp³-hybridized carbons (Fsp3) is 0.525. The Balaban J connectivity index is 0.000000190. The zero-order valence-corrected chi connectivity index (χ0v) is 46.8. The Morgan fingerprint density at radius 1 is 0.603 bits per heavy atom. The lowest BCUT2D eigenvalue weighted by atomic mass is 9.69. The highest BCUT2D eigenvalue weighted by Gasteiger charge is 2.59. The average Bonchev–Trinajstić information content (AvgIpc) is 3.51. The third-order valence-electron chi connectivity index (χ3n) is 18.1. The second kappa shape index (κ2) is 21.4. The topological polar surface area (TPSA) is 244 Å². The molecule has 0 aromatic heterocycles. The molecule has 2 fully saturated rings. The molecular formula is C59H70N8O11. The standard InChI is InChI=1S/C30H36N4O5.C29H34N4O6/c1-14-8-19-9-21-23(11-31)34-22(27(33(21)6)25(19)30(15(14)2)39-13-38-7)10-20-26(24(34)12-32-18(5)35)29(37)17(4)16(3)28(20)36;1-13-7-17-8-19-21(10-30)33-20(25(32(19)5)23(17)29(14(13)2)39-12-38-6)9-18-24(22(33)11-31-16(4)34)28(37)27(36)15(3)26(18)35/h8,21-24,27H,9-10,12-13H2,1-7H3,(H,32,35);7,19-22,25,35H,8-9,11-12H2,1-6H3,(H,31,34)/t21-,22?,23-,24-,27-;19-,20?,21-,22-,25-/m00/s1. The van der Waals surface area contributed by atoms with E-state index in [-0.39, 0.29) is 110 Å². The second-order valence-electron chi connectivity index (χ2n) is 22.1. The molecule has 2 aromatic rings. The zero-order chi connectivity index (χ0) is 56.7. The van der Waals surface area contributed by atoms with Gasteiger partial charge in [-0.15, -0.1) is 0 Å². The van der Waals surface area contributed by atoms with E-state index in [1.165, 1.54) is 20.8 Å². The van der Waals surface area contributed by atoms with E-state index in [1.807, 2.05) is 39.8 Å². The number of amides is 2. The SMILES string of the molecule is COCOc1c(C)c(C)cc2c1[C@@H]1C3CC4=C(C(=O)C(=O)C(C)=C4O)[C@H](CNC(C)=O)N3[C@@H](C#N)[C@H](C2)N1C.COCOc1c(C)c(C)cc2c1[C@@H]1C3CC4=C(C(=O)C(C)=C(C)C4=O)[C@H](CNC(C)=O)N3[C@@H](C#N)[C@H](C2)N1C. The van der Waals surface area contributed by atoms with Crippen LogP contribution < -0.4 is 20.1 Å². The fourth-order valence-electron chi connectivity index (χ4n) is 14.1. The Morgan fingerprint density at radius 2 is 1.01 bits per heavy atom. The van der Waals surface area contributed by atoms with Crippen molar-refractivity contribution in [3.63, 3.8) is 0 Å². The van der Waals surface area contributed by atoms with E-state index in [1.54, 1.807) is 28.1 Å². The molecule has 4 bridgehead atoms. The van der Waals surface area contributed by atoms with Gasteiger partial charge in [0.25, 0.3) is 0 Å². The summed E-state index contributed by atoms with van der Waals surface area (Å²) in [7, 11) is 7.19. The molecule has 19 heteroatoms. The number of nitrogens with zero attached hydrogens (tertiary/aromatic N) is 6. The number of carbonyl (C=O) groups excluding carboxylic acids is 6. The van der Waals surface area contributed by atoms with E-state index >= 15 is 0 Å². The predicted molar refractivity (Wildman–Crippen MR) is 285 cm³/mol. The van der Waals surface area contributed by atoms with E-state index in [2.05, 4.69) is 56.5 Å². The quantitative estimate of drug-likeness (QED) is 0.129. The monoisotopic (exact) mass is 1070 g/mol. The number of allylic oxidation sites excluding steroid dienone is 4. The van der Waals surface area contributed by atoms with Crippen LogP contribution >= 0.6 is 0 Å². The lowest BCUT2D eigenvalue weighted by Gasteiger charge is -2.60. The van der Waals surface area contributed by atoms with Crippen LogP contribution in [0, 0.1) is 50.4 Å². The van der Waals surface area contributed by atoms with Crippen molar-refractivity contribution >= 4 is 34.9 Å². The van der Waals surface area contributed by atoms with Crippen LogP contribution in [0.25, 0.3) is 0 Å². The number of hydrogen-bond donors (Lipinski definition) is 3. The first kappa shape index (κ1) is 55.9. The zero-order valence-electron chi connectivity index (χ0n) is 46.8. The van der Waals surface area contributed by atoms with E-state index in [0.717, 1.165) is 56.0 Å². The number of aliphatic hydroxyl groups is 1. The van der Waals surface area contributed by atoms with E-state index in [9.17, 15) is 44.4 Å². The lowest BCUT2D eigenvalue weighted by molar-refractivity contribution is -0.134. The first-order valence-corrected chi connectivity index (χ1v) is 26.5. The van der Waals surface area contributed by atoms with Crippen molar-refractivity contribution in [2.24, 2.45) is 0 Å². The summed E-state index contributed by atoms with van der Waals surface area (Å²) < 4.78 is 22.9. The third-order valence-corrected chi connectivity index (χ3v) is 18.1. The van der Waals surface area contributed by atoms with Gasteiger partial charge in [-0.3, -0.25) is 48.4 Å². The molecule has 10 rings (SSSR count). The van der Waals surface area contributed by atoms with Gasteiger partial charge < -0.3 is 34.7 Å². The number of methoxy groups -OCH3 is 2. The molecule has 78 heavy (non-hydrogen) atoms. The molecule has 6 heterocycles. The third kappa shape index (κ3) is 8.79. The maximum absolute atomic E-state index is 13.7. The molecule has 2 aromatic carbocycles. The number of carbonyl (C=O) groups is 6. The number of piperazine rings is 2. The first-order valence-electron chi connectivity index (χ1n) is 26.5. The van der Waals surface area contributed by atoms with Gasteiger partial charge in [-0.05, 0) is 122 Å². The van der Waals surface area contributed by atoms with Crippen molar-refractivity contribution in [3.05, 3.63) is 101 Å². The molecular weight excluding hydrogens is 997 g/mol. The second-order valence-corrected chi connectivity index (χ2v) is 22.1. The predicted octanol–water partition coefficient (Wildman–Crippen LogP) is 4.40. The summed E-state index contributed by atoms with van der Waals surface area (Å²) in [6.07, 6.45) is 1.81. The number of ether oxygens (including phenoxy) is 4. The number of ketones is 4. The van der Waals surface area contributed by atoms with Gasteiger partial charge in [0.1, 0.15) is 29.3 Å². The molecule has 6 aliphatic heterocycles. The van der Waals surface area contributed by atoms with Crippen LogP contribution in [0.4, 0.5) is 0 Å². The Kier molecular flexibility index (Phi) is 15.4. The van der Waals surface area contributed by atoms with Gasteiger partial charge in [0.2, 0.25) is 23.4 Å². The molecule has 412 valence electrons. The fourth-order valence-corrected chi connectivity index (χ4v) is 14.1. The van der Waals surface area contributed by atoms with Crippen LogP contribution in [0.2, 0.25) is 0 Å². The summed E-state index contributed by atoms with van der Waals surface area (Å²) in [5.74, 6) is -0.945. The summed E-state index contributed by atoms with van der Waals surface area (Å²) >= 11 is 0. The van der Waals surface area contributed by atoms with Crippen LogP contribution in [-0.4, -0.2) is 163 Å². The van der Waals surface area contributed by atoms with Crippen molar-refractivity contribution < 1.29 is 52.8 Å². The molecule has 0 spiro atoms. The van der Waals surface area contributed by atoms with Crippen molar-refractivity contribution in [1.29, 1.82) is 10.5 Å². The Labute approximate surface area is 455 Å². The average molecular weight is 1070 g/mol. The smallest absolute Gasteiger partial charge is 0.232 e. The van der Waals surface area contributed by atoms with E-state index in [4.69, 9.17) is 18.9 Å². The van der Waals surface area contributed by atoms with Crippen LogP contribution in [0.3, 0.4) is 0 Å². The minimum atomic E-state index is -0.757. The highest BCUT2D eigenvalue weighted by Crippen LogP contribution is 2.55. The number of aliphatic hydroxyl groups excluding tert-OH is 1. The molecule has 0 saturated carbocycles. The molecule has 10 atom stereocenters. The molecule has 2 aliphatic carbocycles. The van der Waals surface area contributed by atoms with Crippen molar-refractivity contribution in [3.8, 4) is 23.6 Å². The summed E-state index contributed by atoms with van der Waals surface area (Å²) in [6, 6.07) is 5.42. The number of Topliss-reactive ketones (excluding diaryl/α,β-unsaturated/α-hetero) is 4. The van der Waals surface area contributed by atoms with Gasteiger partial charge in [-0.25, -0.2) is 0 Å². The summed E-state index contributed by atoms with van der Waals surface area (Å²) in [6.45, 7) is 16.1. The Hall–Kier alpha value is -6.84. The summed E-state index contributed by atoms with van der Waals surface area (Å²) in [5, 5.41) is 37.9. The number of rotatable bonds is 10. The minimum Gasteiger partial charge on any atom is -0.507 e. The van der Waals surface area contributed by atoms with Gasteiger partial charge in [0.15, 0.2) is 25.2 Å². The van der Waals surface area contributed by atoms with Crippen molar-refractivity contribution in [2.75, 3.05) is 55.0 Å². The first-order chi connectivity index (χ1) is 37.1. The van der Waals surface area contributed by atoms with Crippen LogP contribution in [0.15, 0.2) is 56.9 Å². The largest absolute Gasteiger partial charge is 0.507 e. The number of nitriles is 2. The molecule has 0 radical (unpaired) electrons. The highest BCUT2D eigenvalue weighted by atomic mass is 16.7. The van der Waals surface area contributed by atoms with Crippen LogP contribution in [0.1, 0.15) is 104 Å². The highest BCUT2D eigenvalue weighted by molar-refractivity contribution is 6.50. The molecule has 2 amide bonds. The van der Waals surface area contributed by atoms with Gasteiger partial charge >= 0.3 is 0 Å². The minimum absolute atomic E-state index is 0.0176. The van der Waals surface area contributed by atoms with Crippen molar-refractivity contribution in [2.45, 2.75) is 148 Å². The van der Waals surface area contributed by atoms with E-state index < -0.39 is 35.7 Å². The van der Waals surface area contributed by atoms with E-state index in [0.29, 0.717) is 47.1 Å². The number of benzene rings is 2. The lowest BCUT2D eigenvalue weighted by Crippen LogP contribution is -2.71. The molecule has 2 saturated heterocycles. The molecule has 19 nitrogen and oxygen atoms in total. The molecule has 2 unspecified atom stereocenters. The maximum atomic E-state index is 13.7. The van der Waals surface area contributed by atoms with Crippen LogP contribution in [-0.2, 0) is 51.1 Å². The number of aryl methyl sites for hydroxylation is 2. The number of likely N-dealkylation sites (N-methyl/N-ethyl adjacent to an activating group) is 2. The molecule has 3 N–H and O–H groups in total. The number of hydrogen-bond acceptors (Lipinski definition) is 17. The summed E-state index contributed by atoms with van der Waals surface area (Å²) in [5.41, 5.74) is 10.9. The Bertz CT molecular complexity index is 3190. The Morgan fingerprint density at radius 3 is 1.42 bits per heavy atom. The van der Waals surface area contributed by atoms with Gasteiger partial charge in [0.05, 0.1) is 36.3 Å². The molecule has 8 aliphatic rings. The summed E-state index contributed by atoms with van der Waals surface area (Å²) in [4.78, 5) is 86.1. The number of nitrogens with one attached hydrogen (secondary N) is 2. The normalized spacial score (nSPS) is 28.5.